The van der Waals surface area contributed by atoms with E-state index in [0.717, 1.165) is 16.5 Å². The van der Waals surface area contributed by atoms with E-state index in [9.17, 15) is 4.79 Å². The van der Waals surface area contributed by atoms with Crippen LogP contribution >= 0.6 is 15.9 Å². The Kier molecular flexibility index (Phi) is 3.95. The first kappa shape index (κ1) is 14.1. The fourth-order valence-electron chi connectivity index (χ4n) is 2.19. The van der Waals surface area contributed by atoms with Crippen molar-refractivity contribution < 1.29 is 4.79 Å². The number of hydrogen-bond donors (Lipinski definition) is 0. The minimum atomic E-state index is -0.556. The third-order valence-electron chi connectivity index (χ3n) is 3.13. The number of alkyl halides is 1. The molecule has 2 aromatic rings. The molecule has 0 heterocycles. The van der Waals surface area contributed by atoms with E-state index < -0.39 is 4.32 Å². The van der Waals surface area contributed by atoms with E-state index in [4.69, 9.17) is 0 Å². The quantitative estimate of drug-likeness (QED) is 0.769. The topological polar surface area (TPSA) is 20.3 Å². The largest absolute Gasteiger partial charge is 0.311 e. The van der Waals surface area contributed by atoms with Gasteiger partial charge >= 0.3 is 0 Å². The molecule has 0 saturated carbocycles. The Hall–Kier alpha value is -1.35. The first-order valence-corrected chi connectivity index (χ1v) is 7.23. The number of halogens is 1. The van der Waals surface area contributed by atoms with Gasteiger partial charge in [-0.1, -0.05) is 52.3 Å². The van der Waals surface area contributed by atoms with Gasteiger partial charge in [-0.15, -0.1) is 0 Å². The number of carbonyl (C=O) groups is 1. The lowest BCUT2D eigenvalue weighted by Gasteiger charge is -2.28. The van der Waals surface area contributed by atoms with Crippen LogP contribution < -0.4 is 4.90 Å². The van der Waals surface area contributed by atoms with Gasteiger partial charge in [-0.25, -0.2) is 0 Å². The van der Waals surface area contributed by atoms with Crippen LogP contribution in [0.4, 0.5) is 5.69 Å². The SMILES string of the molecule is CCN(C(=O)C(C)(C)Br)c1cccc2ccccc12. The standard InChI is InChI=1S/C16H18BrNO/c1-4-18(15(19)16(2,3)17)14-11-7-9-12-8-5-6-10-13(12)14/h5-11H,4H2,1-3H3. The Bertz CT molecular complexity index is 596. The van der Waals surface area contributed by atoms with Crippen molar-refractivity contribution in [3.05, 3.63) is 42.5 Å². The van der Waals surface area contributed by atoms with Gasteiger partial charge in [-0.3, -0.25) is 4.79 Å². The highest BCUT2D eigenvalue weighted by molar-refractivity contribution is 9.10. The van der Waals surface area contributed by atoms with Gasteiger partial charge in [0.2, 0.25) is 5.91 Å². The molecule has 0 spiro atoms. The Labute approximate surface area is 122 Å². The fraction of sp³-hybridized carbons (Fsp3) is 0.312. The summed E-state index contributed by atoms with van der Waals surface area (Å²) >= 11 is 3.46. The molecule has 1 amide bonds. The van der Waals surface area contributed by atoms with Crippen molar-refractivity contribution in [2.45, 2.75) is 25.1 Å². The highest BCUT2D eigenvalue weighted by Crippen LogP contribution is 2.30. The van der Waals surface area contributed by atoms with Crippen molar-refractivity contribution in [1.82, 2.24) is 0 Å². The smallest absolute Gasteiger partial charge is 0.243 e. The van der Waals surface area contributed by atoms with Crippen LogP contribution in [-0.2, 0) is 4.79 Å². The van der Waals surface area contributed by atoms with Crippen LogP contribution in [0.25, 0.3) is 10.8 Å². The normalized spacial score (nSPS) is 11.6. The highest BCUT2D eigenvalue weighted by atomic mass is 79.9. The minimum absolute atomic E-state index is 0.0753. The number of anilines is 1. The van der Waals surface area contributed by atoms with E-state index >= 15 is 0 Å². The van der Waals surface area contributed by atoms with Crippen LogP contribution in [0, 0.1) is 0 Å². The molecule has 0 atom stereocenters. The molecule has 0 aliphatic rings. The molecule has 0 radical (unpaired) electrons. The number of carbonyl (C=O) groups excluding carboxylic acids is 1. The molecule has 0 saturated heterocycles. The molecule has 0 bridgehead atoms. The first-order valence-electron chi connectivity index (χ1n) is 6.44. The summed E-state index contributed by atoms with van der Waals surface area (Å²) in [6, 6.07) is 14.2. The molecule has 0 aliphatic heterocycles. The average molecular weight is 320 g/mol. The summed E-state index contributed by atoms with van der Waals surface area (Å²) in [7, 11) is 0. The molecule has 0 fully saturated rings. The van der Waals surface area contributed by atoms with Gasteiger partial charge in [0, 0.05) is 11.9 Å². The van der Waals surface area contributed by atoms with Gasteiger partial charge in [0.15, 0.2) is 0 Å². The van der Waals surface area contributed by atoms with Crippen molar-refractivity contribution in [3.8, 4) is 0 Å². The minimum Gasteiger partial charge on any atom is -0.311 e. The number of rotatable bonds is 3. The predicted octanol–water partition coefficient (Wildman–Crippen LogP) is 4.37. The molecule has 2 nitrogen and oxygen atoms in total. The number of fused-ring (bicyclic) bond motifs is 1. The van der Waals surface area contributed by atoms with Crippen LogP contribution in [0.2, 0.25) is 0 Å². The van der Waals surface area contributed by atoms with Crippen LogP contribution in [0.1, 0.15) is 20.8 Å². The summed E-state index contributed by atoms with van der Waals surface area (Å²) in [5.74, 6) is 0.0753. The average Bonchev–Trinajstić information content (AvgIpc) is 2.38. The third-order valence-corrected chi connectivity index (χ3v) is 3.47. The fourth-order valence-corrected chi connectivity index (χ4v) is 2.40. The van der Waals surface area contributed by atoms with Crippen molar-refractivity contribution >= 4 is 38.3 Å². The Balaban J connectivity index is 2.56. The van der Waals surface area contributed by atoms with Crippen molar-refractivity contribution in [2.24, 2.45) is 0 Å². The Morgan fingerprint density at radius 2 is 1.79 bits per heavy atom. The zero-order chi connectivity index (χ0) is 14.0. The van der Waals surface area contributed by atoms with Crippen molar-refractivity contribution in [2.75, 3.05) is 11.4 Å². The van der Waals surface area contributed by atoms with Gasteiger partial charge in [0.25, 0.3) is 0 Å². The Morgan fingerprint density at radius 1 is 1.16 bits per heavy atom. The van der Waals surface area contributed by atoms with Crippen LogP contribution in [-0.4, -0.2) is 16.8 Å². The maximum Gasteiger partial charge on any atom is 0.243 e. The molecular formula is C16H18BrNO. The molecule has 2 aromatic carbocycles. The summed E-state index contributed by atoms with van der Waals surface area (Å²) in [5.41, 5.74) is 0.970. The molecular weight excluding hydrogens is 302 g/mol. The third kappa shape index (κ3) is 2.81. The molecule has 19 heavy (non-hydrogen) atoms. The zero-order valence-corrected chi connectivity index (χ0v) is 13.1. The number of hydrogen-bond acceptors (Lipinski definition) is 1. The number of amides is 1. The molecule has 3 heteroatoms. The molecule has 2 rings (SSSR count). The molecule has 0 aliphatic carbocycles. The van der Waals surface area contributed by atoms with E-state index in [-0.39, 0.29) is 5.91 Å². The van der Waals surface area contributed by atoms with Gasteiger partial charge < -0.3 is 4.90 Å². The summed E-state index contributed by atoms with van der Waals surface area (Å²) in [4.78, 5) is 14.3. The monoisotopic (exact) mass is 319 g/mol. The lowest BCUT2D eigenvalue weighted by Crippen LogP contribution is -2.41. The van der Waals surface area contributed by atoms with Crippen LogP contribution in [0.15, 0.2) is 42.5 Å². The zero-order valence-electron chi connectivity index (χ0n) is 11.5. The summed E-state index contributed by atoms with van der Waals surface area (Å²) in [6.45, 7) is 6.41. The van der Waals surface area contributed by atoms with Crippen LogP contribution in [0.5, 0.6) is 0 Å². The second-order valence-corrected chi connectivity index (χ2v) is 7.00. The van der Waals surface area contributed by atoms with E-state index in [1.165, 1.54) is 0 Å². The molecule has 100 valence electrons. The number of benzene rings is 2. The molecule has 0 aromatic heterocycles. The second kappa shape index (κ2) is 5.33. The Morgan fingerprint density at radius 3 is 2.42 bits per heavy atom. The van der Waals surface area contributed by atoms with Gasteiger partial charge in [-0.2, -0.15) is 0 Å². The maximum absolute atomic E-state index is 12.5. The first-order chi connectivity index (χ1) is 8.95. The summed E-state index contributed by atoms with van der Waals surface area (Å²) in [5, 5.41) is 2.26. The predicted molar refractivity (Wildman–Crippen MR) is 85.0 cm³/mol. The maximum atomic E-state index is 12.5. The molecule has 0 unspecified atom stereocenters. The molecule has 0 N–H and O–H groups in total. The lowest BCUT2D eigenvalue weighted by molar-refractivity contribution is -0.119. The van der Waals surface area contributed by atoms with Gasteiger partial charge in [0.05, 0.1) is 10.0 Å². The van der Waals surface area contributed by atoms with E-state index in [2.05, 4.69) is 34.1 Å². The van der Waals surface area contributed by atoms with Crippen molar-refractivity contribution in [1.29, 1.82) is 0 Å². The van der Waals surface area contributed by atoms with E-state index in [1.54, 1.807) is 0 Å². The number of nitrogens with zero attached hydrogens (tertiary/aromatic N) is 1. The van der Waals surface area contributed by atoms with E-state index in [0.29, 0.717) is 6.54 Å². The van der Waals surface area contributed by atoms with Crippen molar-refractivity contribution in [3.63, 3.8) is 0 Å². The van der Waals surface area contributed by atoms with Gasteiger partial charge in [0.1, 0.15) is 0 Å². The lowest BCUT2D eigenvalue weighted by atomic mass is 10.1. The summed E-state index contributed by atoms with van der Waals surface area (Å²) in [6.07, 6.45) is 0. The highest BCUT2D eigenvalue weighted by Gasteiger charge is 2.29. The second-order valence-electron chi connectivity index (χ2n) is 5.02. The van der Waals surface area contributed by atoms with E-state index in [1.807, 2.05) is 49.9 Å². The van der Waals surface area contributed by atoms with Crippen LogP contribution in [0.3, 0.4) is 0 Å². The van der Waals surface area contributed by atoms with Gasteiger partial charge in [-0.05, 0) is 32.2 Å². The summed E-state index contributed by atoms with van der Waals surface area (Å²) < 4.78 is -0.556.